The molecule has 1 aliphatic rings. The van der Waals surface area contributed by atoms with Crippen molar-refractivity contribution >= 4 is 46.2 Å². The number of carbonyl (C=O) groups excluding carboxylic acids is 2. The molecule has 0 aliphatic heterocycles. The van der Waals surface area contributed by atoms with Crippen molar-refractivity contribution in [3.8, 4) is 11.5 Å². The third-order valence-electron chi connectivity index (χ3n) is 5.06. The Kier molecular flexibility index (Phi) is 4.87. The highest BCUT2D eigenvalue weighted by molar-refractivity contribution is 6.34. The SMILES string of the molecule is Nc1nc(-c2ccccn2)nc(N)c1N=Nc1cc(Cl)cc2c1C(=O)c1ccccc1C2=O. The smallest absolute Gasteiger partial charge is 0.196 e. The number of pyridine rings is 1. The molecule has 0 saturated carbocycles. The summed E-state index contributed by atoms with van der Waals surface area (Å²) >= 11 is 6.21. The first-order valence-corrected chi connectivity index (χ1v) is 10.1. The third kappa shape index (κ3) is 3.50. The third-order valence-corrected chi connectivity index (χ3v) is 5.28. The summed E-state index contributed by atoms with van der Waals surface area (Å²) in [6, 6.07) is 14.7. The van der Waals surface area contributed by atoms with Gasteiger partial charge in [-0.3, -0.25) is 14.6 Å². The van der Waals surface area contributed by atoms with Crippen LogP contribution in [0.3, 0.4) is 0 Å². The van der Waals surface area contributed by atoms with Crippen LogP contribution in [0, 0.1) is 0 Å². The zero-order valence-corrected chi connectivity index (χ0v) is 17.6. The number of azo groups is 1. The summed E-state index contributed by atoms with van der Waals surface area (Å²) in [5.74, 6) is -0.470. The molecule has 0 unspecified atom stereocenters. The minimum atomic E-state index is -0.353. The molecule has 0 radical (unpaired) electrons. The van der Waals surface area contributed by atoms with Gasteiger partial charge in [-0.2, -0.15) is 0 Å². The van der Waals surface area contributed by atoms with Crippen LogP contribution in [-0.2, 0) is 0 Å². The van der Waals surface area contributed by atoms with Crippen LogP contribution in [0.5, 0.6) is 0 Å². The summed E-state index contributed by atoms with van der Waals surface area (Å²) in [6.07, 6.45) is 1.59. The van der Waals surface area contributed by atoms with E-state index < -0.39 is 0 Å². The van der Waals surface area contributed by atoms with Crippen molar-refractivity contribution in [1.29, 1.82) is 0 Å². The monoisotopic (exact) mass is 455 g/mol. The molecule has 4 aromatic rings. The molecule has 9 nitrogen and oxygen atoms in total. The summed E-state index contributed by atoms with van der Waals surface area (Å²) in [7, 11) is 0. The zero-order chi connectivity index (χ0) is 23.1. The molecule has 4 N–H and O–H groups in total. The van der Waals surface area contributed by atoms with Gasteiger partial charge in [0.1, 0.15) is 5.69 Å². The lowest BCUT2D eigenvalue weighted by Gasteiger charge is -2.18. The Hall–Kier alpha value is -4.50. The average molecular weight is 456 g/mol. The van der Waals surface area contributed by atoms with Crippen LogP contribution in [-0.4, -0.2) is 26.5 Å². The van der Waals surface area contributed by atoms with Crippen molar-refractivity contribution in [2.45, 2.75) is 0 Å². The van der Waals surface area contributed by atoms with Crippen LogP contribution >= 0.6 is 11.6 Å². The molecular formula is C23H14ClN7O2. The number of nitrogens with zero attached hydrogens (tertiary/aromatic N) is 5. The molecule has 33 heavy (non-hydrogen) atoms. The topological polar surface area (TPSA) is 150 Å². The van der Waals surface area contributed by atoms with Gasteiger partial charge in [-0.1, -0.05) is 41.9 Å². The van der Waals surface area contributed by atoms with Crippen molar-refractivity contribution in [1.82, 2.24) is 15.0 Å². The van der Waals surface area contributed by atoms with Crippen LogP contribution in [0.25, 0.3) is 11.5 Å². The van der Waals surface area contributed by atoms with Crippen LogP contribution in [0.1, 0.15) is 31.8 Å². The van der Waals surface area contributed by atoms with E-state index >= 15 is 0 Å². The van der Waals surface area contributed by atoms with Gasteiger partial charge in [0.2, 0.25) is 0 Å². The summed E-state index contributed by atoms with van der Waals surface area (Å²) < 4.78 is 0. The Morgan fingerprint density at radius 3 is 2.12 bits per heavy atom. The van der Waals surface area contributed by atoms with E-state index in [-0.39, 0.29) is 62.1 Å². The van der Waals surface area contributed by atoms with E-state index in [0.29, 0.717) is 11.3 Å². The highest BCUT2D eigenvalue weighted by Crippen LogP contribution is 2.37. The molecular weight excluding hydrogens is 442 g/mol. The summed E-state index contributed by atoms with van der Waals surface area (Å²) in [5, 5.41) is 8.45. The molecule has 2 aromatic heterocycles. The summed E-state index contributed by atoms with van der Waals surface area (Å²) in [4.78, 5) is 38.7. The highest BCUT2D eigenvalue weighted by Gasteiger charge is 2.32. The lowest BCUT2D eigenvalue weighted by Crippen LogP contribution is -2.20. The molecule has 10 heteroatoms. The van der Waals surface area contributed by atoms with Crippen molar-refractivity contribution in [3.63, 3.8) is 0 Å². The number of benzene rings is 2. The number of hydrogen-bond acceptors (Lipinski definition) is 9. The minimum Gasteiger partial charge on any atom is -0.382 e. The molecule has 0 fully saturated rings. The van der Waals surface area contributed by atoms with E-state index in [1.807, 2.05) is 0 Å². The predicted octanol–water partition coefficient (Wildman–Crippen LogP) is 4.55. The number of aromatic nitrogens is 3. The first kappa shape index (κ1) is 20.4. The Bertz CT molecular complexity index is 1460. The van der Waals surface area contributed by atoms with E-state index in [2.05, 4.69) is 25.2 Å². The van der Waals surface area contributed by atoms with Crippen LogP contribution in [0.2, 0.25) is 5.02 Å². The number of anilines is 2. The Labute approximate surface area is 192 Å². The molecule has 0 spiro atoms. The fraction of sp³-hybridized carbons (Fsp3) is 0. The maximum absolute atomic E-state index is 13.2. The van der Waals surface area contributed by atoms with E-state index in [4.69, 9.17) is 23.1 Å². The maximum atomic E-state index is 13.2. The van der Waals surface area contributed by atoms with E-state index in [0.717, 1.165) is 0 Å². The lowest BCUT2D eigenvalue weighted by molar-refractivity contribution is 0.0979. The molecule has 0 amide bonds. The summed E-state index contributed by atoms with van der Waals surface area (Å²) in [6.45, 7) is 0. The number of halogens is 1. The lowest BCUT2D eigenvalue weighted by atomic mass is 9.83. The fourth-order valence-electron chi connectivity index (χ4n) is 3.55. The van der Waals surface area contributed by atoms with Crippen LogP contribution < -0.4 is 11.5 Å². The molecule has 0 bridgehead atoms. The molecule has 5 rings (SSSR count). The Balaban J connectivity index is 1.59. The number of hydrogen-bond donors (Lipinski definition) is 2. The van der Waals surface area contributed by atoms with Gasteiger partial charge in [-0.05, 0) is 24.3 Å². The molecule has 2 heterocycles. The van der Waals surface area contributed by atoms with Gasteiger partial charge in [0.05, 0.1) is 11.3 Å². The highest BCUT2D eigenvalue weighted by atomic mass is 35.5. The standard InChI is InChI=1S/C23H14ClN7O2/c24-11-9-14-17(20(33)13-6-2-1-5-12(13)19(14)32)16(10-11)30-31-18-21(25)28-23(29-22(18)26)15-7-3-4-8-27-15/h1-10H,(H4,25,26,28,29). The first-order valence-electron chi connectivity index (χ1n) is 9.72. The van der Waals surface area contributed by atoms with Crippen molar-refractivity contribution < 1.29 is 9.59 Å². The van der Waals surface area contributed by atoms with Gasteiger partial charge in [-0.25, -0.2) is 9.97 Å². The van der Waals surface area contributed by atoms with E-state index in [1.165, 1.54) is 12.1 Å². The second-order valence-electron chi connectivity index (χ2n) is 7.13. The molecule has 2 aromatic carbocycles. The maximum Gasteiger partial charge on any atom is 0.196 e. The van der Waals surface area contributed by atoms with Crippen molar-refractivity contribution in [3.05, 3.63) is 88.1 Å². The van der Waals surface area contributed by atoms with E-state index in [1.54, 1.807) is 48.7 Å². The zero-order valence-electron chi connectivity index (χ0n) is 16.9. The van der Waals surface area contributed by atoms with Gasteiger partial charge >= 0.3 is 0 Å². The predicted molar refractivity (Wildman–Crippen MR) is 123 cm³/mol. The second kappa shape index (κ2) is 7.88. The Morgan fingerprint density at radius 2 is 1.45 bits per heavy atom. The fourth-order valence-corrected chi connectivity index (χ4v) is 3.77. The molecule has 0 atom stereocenters. The van der Waals surface area contributed by atoms with Gasteiger partial charge in [0.25, 0.3) is 0 Å². The number of rotatable bonds is 3. The van der Waals surface area contributed by atoms with Crippen molar-refractivity contribution in [2.24, 2.45) is 10.2 Å². The second-order valence-corrected chi connectivity index (χ2v) is 7.57. The van der Waals surface area contributed by atoms with Gasteiger partial charge in [0.15, 0.2) is 34.7 Å². The Morgan fingerprint density at radius 1 is 0.788 bits per heavy atom. The normalized spacial score (nSPS) is 12.6. The summed E-state index contributed by atoms with van der Waals surface area (Å²) in [5.41, 5.74) is 13.6. The largest absolute Gasteiger partial charge is 0.382 e. The van der Waals surface area contributed by atoms with Gasteiger partial charge in [-0.15, -0.1) is 10.2 Å². The molecule has 0 saturated heterocycles. The number of fused-ring (bicyclic) bond motifs is 2. The first-order chi connectivity index (χ1) is 15.9. The van der Waals surface area contributed by atoms with Gasteiger partial charge in [0, 0.05) is 27.9 Å². The quantitative estimate of drug-likeness (QED) is 0.379. The minimum absolute atomic E-state index is 0.0180. The van der Waals surface area contributed by atoms with E-state index in [9.17, 15) is 9.59 Å². The number of carbonyl (C=O) groups is 2. The number of nitrogen functional groups attached to an aromatic ring is 2. The molecule has 1 aliphatic carbocycles. The van der Waals surface area contributed by atoms with Gasteiger partial charge < -0.3 is 11.5 Å². The van der Waals surface area contributed by atoms with Crippen molar-refractivity contribution in [2.75, 3.05) is 11.5 Å². The molecule has 160 valence electrons. The van der Waals surface area contributed by atoms with Crippen LogP contribution in [0.4, 0.5) is 23.0 Å². The van der Waals surface area contributed by atoms with Crippen LogP contribution in [0.15, 0.2) is 71.0 Å². The number of nitrogens with two attached hydrogens (primary N) is 2. The number of ketones is 2. The average Bonchev–Trinajstić information content (AvgIpc) is 2.82.